The van der Waals surface area contributed by atoms with Crippen molar-refractivity contribution < 1.29 is 0 Å². The molecule has 0 bridgehead atoms. The monoisotopic (exact) mass is 130 g/mol. The Balaban J connectivity index is 3.40. The summed E-state index contributed by atoms with van der Waals surface area (Å²) >= 11 is 5.59. The van der Waals surface area contributed by atoms with Crippen LogP contribution in [0.5, 0.6) is 0 Å². The van der Waals surface area contributed by atoms with Gasteiger partial charge in [0.15, 0.2) is 0 Å². The zero-order chi connectivity index (χ0) is 6.41. The molecule has 0 aliphatic heterocycles. The van der Waals surface area contributed by atoms with Crippen LogP contribution in [0.4, 0.5) is 0 Å². The molecule has 0 fully saturated rings. The number of hydrogen-bond donors (Lipinski definition) is 0. The van der Waals surface area contributed by atoms with Crippen molar-refractivity contribution in [3.63, 3.8) is 0 Å². The van der Waals surface area contributed by atoms with E-state index in [1.165, 1.54) is 0 Å². The van der Waals surface area contributed by atoms with Crippen LogP contribution >= 0.6 is 11.6 Å². The highest BCUT2D eigenvalue weighted by molar-refractivity contribution is 6.31. The first-order chi connectivity index (χ1) is 3.81. The Kier molecular flexibility index (Phi) is 4.78. The van der Waals surface area contributed by atoms with E-state index in [0.717, 1.165) is 17.9 Å². The molecule has 0 unspecified atom stereocenters. The summed E-state index contributed by atoms with van der Waals surface area (Å²) in [5.74, 6) is 0. The molecule has 0 aliphatic carbocycles. The summed E-state index contributed by atoms with van der Waals surface area (Å²) in [5.41, 5.74) is 0. The van der Waals surface area contributed by atoms with Gasteiger partial charge in [0.05, 0.1) is 0 Å². The van der Waals surface area contributed by atoms with Crippen LogP contribution in [0.1, 0.15) is 19.8 Å². The first-order valence-corrected chi connectivity index (χ1v) is 3.17. The maximum atomic E-state index is 5.59. The predicted octanol–water partition coefficient (Wildman–Crippen LogP) is 3.10. The number of halogens is 1. The molecule has 0 aromatic rings. The van der Waals surface area contributed by atoms with Gasteiger partial charge in [0.1, 0.15) is 0 Å². The van der Waals surface area contributed by atoms with Crippen molar-refractivity contribution in [2.75, 3.05) is 0 Å². The van der Waals surface area contributed by atoms with E-state index in [1.54, 1.807) is 6.08 Å². The maximum absolute atomic E-state index is 5.59. The fourth-order valence-corrected chi connectivity index (χ4v) is 0.475. The molecule has 0 nitrogen and oxygen atoms in total. The molecular formula is C7H11Cl. The molecule has 0 radical (unpaired) electrons. The zero-order valence-corrected chi connectivity index (χ0v) is 5.91. The van der Waals surface area contributed by atoms with E-state index in [4.69, 9.17) is 11.6 Å². The molecule has 1 heteroatoms. The Morgan fingerprint density at radius 2 is 2.38 bits per heavy atom. The smallest absolute Gasteiger partial charge is 0.0360 e. The minimum Gasteiger partial charge on any atom is -0.0976 e. The lowest BCUT2D eigenvalue weighted by Gasteiger charge is -1.84. The van der Waals surface area contributed by atoms with Gasteiger partial charge in [0.2, 0.25) is 0 Å². The molecule has 8 heavy (non-hydrogen) atoms. The minimum absolute atomic E-state index is 0.756. The number of rotatable bonds is 3. The third-order valence-electron chi connectivity index (χ3n) is 0.823. The lowest BCUT2D eigenvalue weighted by molar-refractivity contribution is 0.957. The van der Waals surface area contributed by atoms with Crippen LogP contribution in [0.25, 0.3) is 0 Å². The second-order valence-corrected chi connectivity index (χ2v) is 2.02. The number of unbranched alkanes of at least 4 members (excludes halogenated alkanes) is 1. The van der Waals surface area contributed by atoms with Crippen molar-refractivity contribution in [2.24, 2.45) is 0 Å². The molecule has 0 aliphatic rings. The lowest BCUT2D eigenvalue weighted by Crippen LogP contribution is -1.63. The quantitative estimate of drug-likeness (QED) is 0.515. The van der Waals surface area contributed by atoms with Crippen molar-refractivity contribution in [1.82, 2.24) is 0 Å². The molecule has 0 spiro atoms. The Labute approximate surface area is 55.9 Å². The van der Waals surface area contributed by atoms with Gasteiger partial charge in [0, 0.05) is 5.03 Å². The standard InChI is InChI=1S/C7H11Cl/c1-3-5-6-7(8)4-2/h4,6H,2-3,5H2,1H3/b7-6-. The molecular weight excluding hydrogens is 120 g/mol. The molecule has 0 saturated carbocycles. The van der Waals surface area contributed by atoms with Crippen LogP contribution in [0.15, 0.2) is 23.8 Å². The summed E-state index contributed by atoms with van der Waals surface area (Å²) in [6.07, 6.45) is 5.81. The van der Waals surface area contributed by atoms with Gasteiger partial charge < -0.3 is 0 Å². The van der Waals surface area contributed by atoms with Gasteiger partial charge in [-0.05, 0) is 6.42 Å². The molecule has 0 aromatic carbocycles. The van der Waals surface area contributed by atoms with Crippen LogP contribution in [0.2, 0.25) is 0 Å². The second-order valence-electron chi connectivity index (χ2n) is 1.58. The van der Waals surface area contributed by atoms with Gasteiger partial charge in [-0.1, -0.05) is 43.7 Å². The lowest BCUT2D eigenvalue weighted by atomic mass is 10.3. The SMILES string of the molecule is C=C/C(Cl)=C/CCC. The largest absolute Gasteiger partial charge is 0.0976 e. The molecule has 0 atom stereocenters. The topological polar surface area (TPSA) is 0 Å². The highest BCUT2D eigenvalue weighted by Gasteiger charge is 1.78. The van der Waals surface area contributed by atoms with Crippen molar-refractivity contribution >= 4 is 11.6 Å². The Morgan fingerprint density at radius 1 is 1.75 bits per heavy atom. The zero-order valence-electron chi connectivity index (χ0n) is 5.15. The van der Waals surface area contributed by atoms with E-state index in [1.807, 2.05) is 6.08 Å². The summed E-state index contributed by atoms with van der Waals surface area (Å²) in [4.78, 5) is 0. The van der Waals surface area contributed by atoms with E-state index < -0.39 is 0 Å². The normalized spacial score (nSPS) is 11.5. The summed E-state index contributed by atoms with van der Waals surface area (Å²) in [6.45, 7) is 5.63. The van der Waals surface area contributed by atoms with Gasteiger partial charge in [-0.15, -0.1) is 0 Å². The molecule has 0 amide bonds. The van der Waals surface area contributed by atoms with Gasteiger partial charge in [-0.2, -0.15) is 0 Å². The molecule has 0 aromatic heterocycles. The highest BCUT2D eigenvalue weighted by Crippen LogP contribution is 2.03. The van der Waals surface area contributed by atoms with Crippen LogP contribution in [-0.2, 0) is 0 Å². The molecule has 0 heterocycles. The molecule has 0 N–H and O–H groups in total. The van der Waals surface area contributed by atoms with E-state index >= 15 is 0 Å². The van der Waals surface area contributed by atoms with E-state index in [0.29, 0.717) is 0 Å². The predicted molar refractivity (Wildman–Crippen MR) is 39.0 cm³/mol. The van der Waals surface area contributed by atoms with Crippen LogP contribution in [-0.4, -0.2) is 0 Å². The Bertz CT molecular complexity index is 92.6. The molecule has 0 rings (SSSR count). The van der Waals surface area contributed by atoms with Gasteiger partial charge >= 0.3 is 0 Å². The van der Waals surface area contributed by atoms with Crippen LogP contribution in [0.3, 0.4) is 0 Å². The highest BCUT2D eigenvalue weighted by atomic mass is 35.5. The first-order valence-electron chi connectivity index (χ1n) is 2.79. The number of allylic oxidation sites excluding steroid dienone is 3. The molecule has 0 saturated heterocycles. The van der Waals surface area contributed by atoms with Gasteiger partial charge in [-0.25, -0.2) is 0 Å². The average molecular weight is 131 g/mol. The summed E-state index contributed by atoms with van der Waals surface area (Å²) in [5, 5.41) is 0.756. The summed E-state index contributed by atoms with van der Waals surface area (Å²) in [6, 6.07) is 0. The van der Waals surface area contributed by atoms with Gasteiger partial charge in [-0.3, -0.25) is 0 Å². The third-order valence-corrected chi connectivity index (χ3v) is 1.13. The van der Waals surface area contributed by atoms with Crippen LogP contribution < -0.4 is 0 Å². The van der Waals surface area contributed by atoms with E-state index in [9.17, 15) is 0 Å². The summed E-state index contributed by atoms with van der Waals surface area (Å²) < 4.78 is 0. The first kappa shape index (κ1) is 7.77. The Morgan fingerprint density at radius 3 is 2.75 bits per heavy atom. The van der Waals surface area contributed by atoms with E-state index in [2.05, 4.69) is 13.5 Å². The fourth-order valence-electron chi connectivity index (χ4n) is 0.366. The fraction of sp³-hybridized carbons (Fsp3) is 0.429. The van der Waals surface area contributed by atoms with Crippen LogP contribution in [0, 0.1) is 0 Å². The van der Waals surface area contributed by atoms with Crippen molar-refractivity contribution in [2.45, 2.75) is 19.8 Å². The third kappa shape index (κ3) is 3.94. The van der Waals surface area contributed by atoms with Crippen molar-refractivity contribution in [1.29, 1.82) is 0 Å². The van der Waals surface area contributed by atoms with Gasteiger partial charge in [0.25, 0.3) is 0 Å². The van der Waals surface area contributed by atoms with Crippen molar-refractivity contribution in [3.8, 4) is 0 Å². The molecule has 46 valence electrons. The summed E-state index contributed by atoms with van der Waals surface area (Å²) in [7, 11) is 0. The average Bonchev–Trinajstić information content (AvgIpc) is 1.83. The minimum atomic E-state index is 0.756. The van der Waals surface area contributed by atoms with E-state index in [-0.39, 0.29) is 0 Å². The second kappa shape index (κ2) is 4.92. The van der Waals surface area contributed by atoms with Crippen molar-refractivity contribution in [3.05, 3.63) is 23.8 Å². The Hall–Kier alpha value is -0.230. The maximum Gasteiger partial charge on any atom is 0.0360 e. The number of hydrogen-bond acceptors (Lipinski definition) is 0.